The van der Waals surface area contributed by atoms with Gasteiger partial charge in [0, 0.05) is 19.2 Å². The molecule has 26 heavy (non-hydrogen) atoms. The van der Waals surface area contributed by atoms with Crippen molar-refractivity contribution >= 4 is 23.9 Å². The summed E-state index contributed by atoms with van der Waals surface area (Å²) < 4.78 is 10.3. The Labute approximate surface area is 152 Å². The van der Waals surface area contributed by atoms with Crippen molar-refractivity contribution in [2.24, 2.45) is 11.7 Å². The number of carbonyl (C=O) groups excluding carboxylic acids is 3. The first-order valence-electron chi connectivity index (χ1n) is 8.64. The number of amides is 2. The monoisotopic (exact) mass is 360 g/mol. The minimum atomic E-state index is -0.601. The molecule has 0 spiro atoms. The van der Waals surface area contributed by atoms with E-state index in [1.54, 1.807) is 6.08 Å². The summed E-state index contributed by atoms with van der Waals surface area (Å²) in [6, 6.07) is 7.25. The van der Waals surface area contributed by atoms with E-state index in [2.05, 4.69) is 0 Å². The molecule has 0 saturated carbocycles. The van der Waals surface area contributed by atoms with Crippen LogP contribution in [0.5, 0.6) is 5.75 Å². The molecule has 1 heterocycles. The van der Waals surface area contributed by atoms with E-state index in [0.717, 1.165) is 11.3 Å². The lowest BCUT2D eigenvalue weighted by molar-refractivity contribution is -0.149. The zero-order chi connectivity index (χ0) is 18.9. The molecule has 1 aliphatic rings. The van der Waals surface area contributed by atoms with Gasteiger partial charge in [-0.1, -0.05) is 12.1 Å². The fourth-order valence-corrected chi connectivity index (χ4v) is 2.71. The van der Waals surface area contributed by atoms with Crippen LogP contribution in [0, 0.1) is 5.92 Å². The van der Waals surface area contributed by atoms with Crippen molar-refractivity contribution in [1.82, 2.24) is 4.90 Å². The quantitative estimate of drug-likeness (QED) is 0.585. The van der Waals surface area contributed by atoms with Gasteiger partial charge >= 0.3 is 5.97 Å². The van der Waals surface area contributed by atoms with Gasteiger partial charge in [0.05, 0.1) is 12.5 Å². The number of hydrogen-bond donors (Lipinski definition) is 1. The Balaban J connectivity index is 1.78. The maximum atomic E-state index is 12.1. The number of hydrogen-bond acceptors (Lipinski definition) is 5. The van der Waals surface area contributed by atoms with Gasteiger partial charge in [0.1, 0.15) is 5.75 Å². The highest BCUT2D eigenvalue weighted by molar-refractivity contribution is 5.89. The molecular formula is C19H24N2O5. The zero-order valence-electron chi connectivity index (χ0n) is 14.8. The number of likely N-dealkylation sites (tertiary alicyclic amines) is 1. The topological polar surface area (TPSA) is 98.9 Å². The van der Waals surface area contributed by atoms with Crippen LogP contribution in [0.4, 0.5) is 0 Å². The van der Waals surface area contributed by atoms with Gasteiger partial charge in [0.15, 0.2) is 6.61 Å². The maximum absolute atomic E-state index is 12.1. The van der Waals surface area contributed by atoms with Gasteiger partial charge in [-0.05, 0) is 43.5 Å². The van der Waals surface area contributed by atoms with Crippen molar-refractivity contribution in [2.45, 2.75) is 19.8 Å². The number of esters is 1. The third-order valence-electron chi connectivity index (χ3n) is 4.12. The Morgan fingerprint density at radius 2 is 2.00 bits per heavy atom. The zero-order valence-corrected chi connectivity index (χ0v) is 14.8. The van der Waals surface area contributed by atoms with Crippen LogP contribution >= 0.6 is 0 Å². The Hall–Kier alpha value is -2.83. The summed E-state index contributed by atoms with van der Waals surface area (Å²) in [4.78, 5) is 36.6. The molecular weight excluding hydrogens is 336 g/mol. The maximum Gasteiger partial charge on any atom is 0.331 e. The van der Waals surface area contributed by atoms with Crippen molar-refractivity contribution in [2.75, 3.05) is 26.3 Å². The molecule has 1 aromatic rings. The molecule has 1 atom stereocenters. The van der Waals surface area contributed by atoms with Crippen molar-refractivity contribution in [3.05, 3.63) is 35.9 Å². The van der Waals surface area contributed by atoms with Crippen molar-refractivity contribution in [1.29, 1.82) is 0 Å². The number of carbonyl (C=O) groups is 3. The van der Waals surface area contributed by atoms with Crippen LogP contribution in [0.3, 0.4) is 0 Å². The highest BCUT2D eigenvalue weighted by atomic mass is 16.5. The number of piperidine rings is 1. The number of rotatable bonds is 7. The van der Waals surface area contributed by atoms with Crippen LogP contribution in [0.2, 0.25) is 0 Å². The van der Waals surface area contributed by atoms with Gasteiger partial charge in [0.2, 0.25) is 5.91 Å². The van der Waals surface area contributed by atoms with Crippen LogP contribution < -0.4 is 10.5 Å². The minimum absolute atomic E-state index is 0.285. The fraction of sp³-hybridized carbons (Fsp3) is 0.421. The summed E-state index contributed by atoms with van der Waals surface area (Å²) in [6.45, 7) is 2.98. The number of primary amides is 1. The lowest BCUT2D eigenvalue weighted by atomic mass is 9.97. The molecule has 2 N–H and O–H groups in total. The van der Waals surface area contributed by atoms with Crippen LogP contribution in [0.15, 0.2) is 30.3 Å². The van der Waals surface area contributed by atoms with Crippen molar-refractivity contribution < 1.29 is 23.9 Å². The molecule has 1 saturated heterocycles. The molecule has 0 aromatic heterocycles. The molecule has 140 valence electrons. The summed E-state index contributed by atoms with van der Waals surface area (Å²) in [5.74, 6) is -0.899. The number of nitrogens with zero attached hydrogens (tertiary/aromatic N) is 1. The van der Waals surface area contributed by atoms with E-state index in [4.69, 9.17) is 15.2 Å². The number of nitrogens with two attached hydrogens (primary N) is 1. The molecule has 1 fully saturated rings. The predicted octanol–water partition coefficient (Wildman–Crippen LogP) is 1.37. The summed E-state index contributed by atoms with van der Waals surface area (Å²) in [5.41, 5.74) is 6.11. The van der Waals surface area contributed by atoms with E-state index in [1.165, 1.54) is 11.0 Å². The molecule has 1 aromatic carbocycles. The highest BCUT2D eigenvalue weighted by Crippen LogP contribution is 2.16. The van der Waals surface area contributed by atoms with Gasteiger partial charge in [-0.2, -0.15) is 0 Å². The number of ether oxygens (including phenoxy) is 2. The van der Waals surface area contributed by atoms with Crippen molar-refractivity contribution in [3.63, 3.8) is 0 Å². The Morgan fingerprint density at radius 3 is 2.65 bits per heavy atom. The predicted molar refractivity (Wildman–Crippen MR) is 96.1 cm³/mol. The molecule has 7 nitrogen and oxygen atoms in total. The van der Waals surface area contributed by atoms with E-state index in [9.17, 15) is 14.4 Å². The minimum Gasteiger partial charge on any atom is -0.494 e. The Kier molecular flexibility index (Phi) is 7.20. The normalized spacial score (nSPS) is 17.1. The standard InChI is InChI=1S/C19H24N2O5/c1-2-25-16-8-5-14(6-9-16)7-10-18(23)26-13-17(22)21-11-3-4-15(12-21)19(20)24/h5-10,15H,2-4,11-13H2,1H3,(H2,20,24)/b10-7+/t15-/m0/s1. The van der Waals surface area contributed by atoms with Crippen molar-refractivity contribution in [3.8, 4) is 5.75 Å². The third kappa shape index (κ3) is 5.91. The lowest BCUT2D eigenvalue weighted by Crippen LogP contribution is -2.45. The van der Waals surface area contributed by atoms with E-state index in [-0.39, 0.29) is 25.0 Å². The van der Waals surface area contributed by atoms with Crippen LogP contribution in [0.1, 0.15) is 25.3 Å². The molecule has 0 unspecified atom stereocenters. The molecule has 7 heteroatoms. The first kappa shape index (κ1) is 19.5. The molecule has 2 amide bonds. The van der Waals surface area contributed by atoms with E-state index in [0.29, 0.717) is 26.0 Å². The Morgan fingerprint density at radius 1 is 1.27 bits per heavy atom. The van der Waals surface area contributed by atoms with Crippen LogP contribution in [-0.2, 0) is 19.1 Å². The highest BCUT2D eigenvalue weighted by Gasteiger charge is 2.27. The molecule has 0 aliphatic carbocycles. The van der Waals surface area contributed by atoms with Gasteiger partial charge in [0.25, 0.3) is 5.91 Å². The smallest absolute Gasteiger partial charge is 0.331 e. The Bertz CT molecular complexity index is 669. The second-order valence-corrected chi connectivity index (χ2v) is 6.02. The summed E-state index contributed by atoms with van der Waals surface area (Å²) >= 11 is 0. The van der Waals surface area contributed by atoms with Gasteiger partial charge in [-0.3, -0.25) is 9.59 Å². The van der Waals surface area contributed by atoms with Crippen LogP contribution in [-0.4, -0.2) is 49.0 Å². The lowest BCUT2D eigenvalue weighted by Gasteiger charge is -2.30. The third-order valence-corrected chi connectivity index (χ3v) is 4.12. The van der Waals surface area contributed by atoms with Crippen LogP contribution in [0.25, 0.3) is 6.08 Å². The average molecular weight is 360 g/mol. The van der Waals surface area contributed by atoms with E-state index < -0.39 is 11.9 Å². The fourth-order valence-electron chi connectivity index (χ4n) is 2.71. The van der Waals surface area contributed by atoms with E-state index >= 15 is 0 Å². The SMILES string of the molecule is CCOc1ccc(/C=C/C(=O)OCC(=O)N2CCC[C@H](C(N)=O)C2)cc1. The van der Waals surface area contributed by atoms with Gasteiger partial charge in [-0.25, -0.2) is 4.79 Å². The molecule has 0 radical (unpaired) electrons. The van der Waals surface area contributed by atoms with Gasteiger partial charge in [-0.15, -0.1) is 0 Å². The first-order chi connectivity index (χ1) is 12.5. The van der Waals surface area contributed by atoms with E-state index in [1.807, 2.05) is 31.2 Å². The molecule has 1 aliphatic heterocycles. The molecule has 2 rings (SSSR count). The largest absolute Gasteiger partial charge is 0.494 e. The average Bonchev–Trinajstić information content (AvgIpc) is 2.66. The second kappa shape index (κ2) is 9.60. The second-order valence-electron chi connectivity index (χ2n) is 6.02. The summed E-state index contributed by atoms with van der Waals surface area (Å²) in [5, 5.41) is 0. The first-order valence-corrected chi connectivity index (χ1v) is 8.64. The van der Waals surface area contributed by atoms with Gasteiger partial charge < -0.3 is 20.1 Å². The summed E-state index contributed by atoms with van der Waals surface area (Å²) in [7, 11) is 0. The number of benzene rings is 1. The molecule has 0 bridgehead atoms. The summed E-state index contributed by atoms with van der Waals surface area (Å²) in [6.07, 6.45) is 4.27.